The van der Waals surface area contributed by atoms with E-state index in [0.29, 0.717) is 0 Å². The molecular weight excluding hydrogens is 328 g/mol. The Bertz CT molecular complexity index is 296. The van der Waals surface area contributed by atoms with Gasteiger partial charge in [-0.15, -0.1) is 0 Å². The second-order valence-corrected chi connectivity index (χ2v) is 19.0. The number of rotatable bonds is 1. The van der Waals surface area contributed by atoms with E-state index in [1.165, 1.54) is 9.65 Å². The summed E-state index contributed by atoms with van der Waals surface area (Å²) in [5.41, 5.74) is 0. The zero-order valence-corrected chi connectivity index (χ0v) is 11.8. The van der Waals surface area contributed by atoms with Crippen LogP contribution in [0.4, 0.5) is 4.39 Å². The molecule has 66 valence electrons. The summed E-state index contributed by atoms with van der Waals surface area (Å²) in [6.45, 7) is 0. The van der Waals surface area contributed by atoms with Crippen molar-refractivity contribution in [1.82, 2.24) is 4.98 Å². The van der Waals surface area contributed by atoms with Crippen LogP contribution in [0.15, 0.2) is 16.7 Å². The fraction of sp³-hybridized carbons (Fsp3) is 0.375. The normalized spacial score (nSPS) is 11.8. The van der Waals surface area contributed by atoms with Gasteiger partial charge in [0.05, 0.1) is 0 Å². The molecule has 0 unspecified atom stereocenters. The van der Waals surface area contributed by atoms with Crippen molar-refractivity contribution in [2.24, 2.45) is 0 Å². The summed E-state index contributed by atoms with van der Waals surface area (Å²) in [6.07, 6.45) is 1.66. The van der Waals surface area contributed by atoms with Gasteiger partial charge in [0.25, 0.3) is 0 Å². The number of hydrogen-bond acceptors (Lipinski definition) is 1. The maximum atomic E-state index is 12.6. The van der Waals surface area contributed by atoms with Crippen LogP contribution in [0, 0.1) is 5.95 Å². The molecule has 1 heterocycles. The van der Waals surface area contributed by atoms with Gasteiger partial charge < -0.3 is 0 Å². The van der Waals surface area contributed by atoms with Crippen LogP contribution < -0.4 is 3.58 Å². The van der Waals surface area contributed by atoms with Crippen molar-refractivity contribution in [3.63, 3.8) is 0 Å². The van der Waals surface area contributed by atoms with E-state index in [-0.39, 0.29) is 0 Å². The van der Waals surface area contributed by atoms with E-state index in [0.717, 1.165) is 4.47 Å². The zero-order chi connectivity index (χ0) is 9.35. The van der Waals surface area contributed by atoms with E-state index in [9.17, 15) is 4.39 Å². The molecule has 0 amide bonds. The monoisotopic (exact) mass is 339 g/mol. The fourth-order valence-corrected chi connectivity index (χ4v) is 8.78. The number of nitrogens with zero attached hydrogens (tertiary/aromatic N) is 1. The van der Waals surface area contributed by atoms with Crippen molar-refractivity contribution in [2.45, 2.75) is 14.8 Å². The summed E-state index contributed by atoms with van der Waals surface area (Å²) in [5, 5.41) is 0. The topological polar surface area (TPSA) is 12.9 Å². The molecule has 0 atom stereocenters. The molecule has 0 saturated carbocycles. The van der Waals surface area contributed by atoms with Crippen molar-refractivity contribution < 1.29 is 4.39 Å². The van der Waals surface area contributed by atoms with Gasteiger partial charge in [0, 0.05) is 0 Å². The Balaban J connectivity index is 3.19. The molecule has 1 nitrogen and oxygen atoms in total. The van der Waals surface area contributed by atoms with Crippen molar-refractivity contribution in [2.75, 3.05) is 0 Å². The molecular formula is C8H11BrFNSn. The van der Waals surface area contributed by atoms with Crippen LogP contribution in [-0.2, 0) is 0 Å². The summed E-state index contributed by atoms with van der Waals surface area (Å²) < 4.78 is 14.7. The Hall–Kier alpha value is 0.359. The zero-order valence-electron chi connectivity index (χ0n) is 7.36. The first-order chi connectivity index (χ1) is 5.41. The molecule has 0 saturated heterocycles. The first kappa shape index (κ1) is 10.4. The van der Waals surface area contributed by atoms with Crippen molar-refractivity contribution in [1.29, 1.82) is 0 Å². The number of hydrogen-bond donors (Lipinski definition) is 0. The van der Waals surface area contributed by atoms with Crippen molar-refractivity contribution in [3.8, 4) is 0 Å². The van der Waals surface area contributed by atoms with Gasteiger partial charge in [0.1, 0.15) is 0 Å². The molecule has 0 aliphatic carbocycles. The maximum absolute atomic E-state index is 12.6. The van der Waals surface area contributed by atoms with Crippen LogP contribution in [0.2, 0.25) is 14.8 Å². The first-order valence-corrected chi connectivity index (χ1v) is 14.5. The minimum absolute atomic E-state index is 0.416. The standard InChI is InChI=1S/C5H2BrFN.3CH3.Sn/c6-4-1-2-8-5(7)3-4;;;;/h2-3H;3*1H3;. The second-order valence-electron chi connectivity index (χ2n) is 3.74. The number of halogens is 2. The predicted octanol–water partition coefficient (Wildman–Crippen LogP) is 2.53. The molecule has 1 aromatic rings. The minimum atomic E-state index is -2.08. The third kappa shape index (κ3) is 2.42. The second kappa shape index (κ2) is 3.62. The van der Waals surface area contributed by atoms with Crippen LogP contribution in [0.5, 0.6) is 0 Å². The molecule has 0 radical (unpaired) electrons. The molecule has 4 heteroatoms. The number of aromatic nitrogens is 1. The van der Waals surface area contributed by atoms with Crippen LogP contribution in [0.3, 0.4) is 0 Å². The average Bonchev–Trinajstić information content (AvgIpc) is 1.83. The number of pyridine rings is 1. The fourth-order valence-electron chi connectivity index (χ4n) is 0.959. The molecule has 0 spiro atoms. The van der Waals surface area contributed by atoms with Gasteiger partial charge in [-0.3, -0.25) is 0 Å². The third-order valence-electron chi connectivity index (χ3n) is 1.63. The van der Waals surface area contributed by atoms with Crippen LogP contribution in [0.25, 0.3) is 0 Å². The third-order valence-corrected chi connectivity index (χ3v) is 9.08. The molecule has 0 bridgehead atoms. The quantitative estimate of drug-likeness (QED) is 0.566. The Morgan fingerprint density at radius 3 is 2.42 bits per heavy atom. The van der Waals surface area contributed by atoms with E-state index in [2.05, 4.69) is 35.7 Å². The Labute approximate surface area is 84.4 Å². The van der Waals surface area contributed by atoms with Gasteiger partial charge in [0.15, 0.2) is 0 Å². The van der Waals surface area contributed by atoms with Gasteiger partial charge in [-0.05, 0) is 0 Å². The predicted molar refractivity (Wildman–Crippen MR) is 54.9 cm³/mol. The molecule has 0 N–H and O–H groups in total. The van der Waals surface area contributed by atoms with Crippen LogP contribution in [-0.4, -0.2) is 23.4 Å². The van der Waals surface area contributed by atoms with E-state index in [4.69, 9.17) is 0 Å². The van der Waals surface area contributed by atoms with Gasteiger partial charge >= 0.3 is 84.8 Å². The van der Waals surface area contributed by atoms with Crippen LogP contribution >= 0.6 is 15.9 Å². The van der Waals surface area contributed by atoms with E-state index in [1.54, 1.807) is 6.20 Å². The van der Waals surface area contributed by atoms with Gasteiger partial charge in [-0.2, -0.15) is 0 Å². The summed E-state index contributed by atoms with van der Waals surface area (Å²) in [6, 6.07) is 1.44. The first-order valence-electron chi connectivity index (χ1n) is 3.73. The molecule has 0 fully saturated rings. The molecule has 0 aromatic carbocycles. The SMILES string of the molecule is [CH3][Sn]([CH3])([CH3])[c]1cnc(F)cc1Br. The van der Waals surface area contributed by atoms with E-state index in [1.807, 2.05) is 0 Å². The molecule has 12 heavy (non-hydrogen) atoms. The molecule has 0 aliphatic rings. The summed E-state index contributed by atoms with van der Waals surface area (Å²) in [5.74, 6) is -0.416. The van der Waals surface area contributed by atoms with E-state index >= 15 is 0 Å². The van der Waals surface area contributed by atoms with Crippen LogP contribution in [0.1, 0.15) is 0 Å². The van der Waals surface area contributed by atoms with Gasteiger partial charge in [-0.1, -0.05) is 0 Å². The summed E-state index contributed by atoms with van der Waals surface area (Å²) >= 11 is 1.27. The summed E-state index contributed by atoms with van der Waals surface area (Å²) in [7, 11) is 0. The summed E-state index contributed by atoms with van der Waals surface area (Å²) in [4.78, 5) is 10.5. The van der Waals surface area contributed by atoms with E-state index < -0.39 is 24.3 Å². The Morgan fingerprint density at radius 2 is 2.00 bits per heavy atom. The average molecular weight is 339 g/mol. The Kier molecular flexibility index (Phi) is 3.15. The van der Waals surface area contributed by atoms with Crippen molar-refractivity contribution >= 4 is 37.9 Å². The molecule has 0 aliphatic heterocycles. The Morgan fingerprint density at radius 1 is 1.42 bits per heavy atom. The molecule has 1 aromatic heterocycles. The van der Waals surface area contributed by atoms with Gasteiger partial charge in [-0.25, -0.2) is 0 Å². The van der Waals surface area contributed by atoms with Gasteiger partial charge in [0.2, 0.25) is 0 Å². The molecule has 1 rings (SSSR count). The van der Waals surface area contributed by atoms with Crippen molar-refractivity contribution in [3.05, 3.63) is 22.7 Å².